The number of nitrogens with one attached hydrogen (secondary N) is 1. The zero-order valence-corrected chi connectivity index (χ0v) is 9.86. The Balaban J connectivity index is 2.23. The van der Waals surface area contributed by atoms with E-state index in [0.717, 1.165) is 22.3 Å². The van der Waals surface area contributed by atoms with Gasteiger partial charge in [0.05, 0.1) is 0 Å². The summed E-state index contributed by atoms with van der Waals surface area (Å²) in [6, 6.07) is 7.19. The summed E-state index contributed by atoms with van der Waals surface area (Å²) in [5.74, 6) is -0.0215. The molecule has 0 fully saturated rings. The molecule has 2 N–H and O–H groups in total. The van der Waals surface area contributed by atoms with E-state index in [-0.39, 0.29) is 0 Å². The van der Waals surface area contributed by atoms with Gasteiger partial charge in [0.1, 0.15) is 17.4 Å². The van der Waals surface area contributed by atoms with Crippen LogP contribution in [0.5, 0.6) is 0 Å². The van der Waals surface area contributed by atoms with Crippen molar-refractivity contribution in [2.75, 3.05) is 0 Å². The molecule has 0 amide bonds. The summed E-state index contributed by atoms with van der Waals surface area (Å²) in [6.07, 6.45) is 0. The number of rotatable bonds is 4. The molecular weight excluding hydrogens is 218 g/mol. The Labute approximate surface area is 99.2 Å². The average molecular weight is 233 g/mol. The van der Waals surface area contributed by atoms with Gasteiger partial charge in [0, 0.05) is 17.5 Å². The first kappa shape index (κ1) is 11.7. The molecule has 2 aromatic rings. The lowest BCUT2D eigenvalue weighted by Gasteiger charge is -2.08. The van der Waals surface area contributed by atoms with Gasteiger partial charge in [-0.25, -0.2) is 0 Å². The molecule has 17 heavy (non-hydrogen) atoms. The van der Waals surface area contributed by atoms with Crippen LogP contribution in [0.4, 0.5) is 0 Å². The van der Waals surface area contributed by atoms with Gasteiger partial charge in [0.2, 0.25) is 0 Å². The van der Waals surface area contributed by atoms with Gasteiger partial charge in [-0.3, -0.25) is 4.79 Å². The Bertz CT molecular complexity index is 545. The maximum absolute atomic E-state index is 10.7. The van der Waals surface area contributed by atoms with Gasteiger partial charge in [0.25, 0.3) is 0 Å². The van der Waals surface area contributed by atoms with E-state index in [4.69, 9.17) is 9.52 Å². The van der Waals surface area contributed by atoms with Crippen molar-refractivity contribution < 1.29 is 14.3 Å². The van der Waals surface area contributed by atoms with E-state index in [9.17, 15) is 4.79 Å². The van der Waals surface area contributed by atoms with Gasteiger partial charge in [-0.05, 0) is 19.9 Å². The molecule has 0 aliphatic rings. The number of hydrogen-bond donors (Lipinski definition) is 2. The highest BCUT2D eigenvalue weighted by molar-refractivity contribution is 5.82. The Morgan fingerprint density at radius 1 is 1.47 bits per heavy atom. The third-order valence-electron chi connectivity index (χ3n) is 2.86. The van der Waals surface area contributed by atoms with Crippen LogP contribution in [0.2, 0.25) is 0 Å². The Morgan fingerprint density at radius 3 is 2.88 bits per heavy atom. The molecule has 0 saturated carbocycles. The Kier molecular flexibility index (Phi) is 3.15. The Hall–Kier alpha value is -1.81. The lowest BCUT2D eigenvalue weighted by atomic mass is 10.1. The smallest absolute Gasteiger partial charge is 0.320 e. The minimum absolute atomic E-state index is 0.496. The molecule has 0 spiro atoms. The average Bonchev–Trinajstić information content (AvgIpc) is 2.61. The van der Waals surface area contributed by atoms with Gasteiger partial charge in [-0.15, -0.1) is 0 Å². The van der Waals surface area contributed by atoms with E-state index in [1.54, 1.807) is 6.92 Å². The van der Waals surface area contributed by atoms with Crippen molar-refractivity contribution in [1.29, 1.82) is 0 Å². The zero-order chi connectivity index (χ0) is 12.4. The number of benzene rings is 1. The quantitative estimate of drug-likeness (QED) is 0.850. The molecule has 1 heterocycles. The number of aryl methyl sites for hydroxylation is 1. The summed E-state index contributed by atoms with van der Waals surface area (Å²) in [5.41, 5.74) is 1.86. The first-order valence-electron chi connectivity index (χ1n) is 5.53. The second-order valence-electron chi connectivity index (χ2n) is 4.07. The standard InChI is InChI=1S/C13H15NO3/c1-8(13(15)16)14-7-11-9(2)17-12-6-4-3-5-10(11)12/h3-6,8,14H,7H2,1-2H3,(H,15,16)/t8-/m1/s1. The molecule has 0 saturated heterocycles. The number of carboxylic acids is 1. The van der Waals surface area contributed by atoms with E-state index in [0.29, 0.717) is 6.54 Å². The van der Waals surface area contributed by atoms with Gasteiger partial charge < -0.3 is 14.8 Å². The Morgan fingerprint density at radius 2 is 2.18 bits per heavy atom. The number of aliphatic carboxylic acids is 1. The number of carboxylic acid groups (broad SMARTS) is 1. The van der Waals surface area contributed by atoms with Gasteiger partial charge in [0.15, 0.2) is 0 Å². The van der Waals surface area contributed by atoms with Crippen LogP contribution < -0.4 is 5.32 Å². The van der Waals surface area contributed by atoms with Crippen molar-refractivity contribution in [3.05, 3.63) is 35.6 Å². The van der Waals surface area contributed by atoms with Crippen molar-refractivity contribution in [2.45, 2.75) is 26.4 Å². The van der Waals surface area contributed by atoms with Gasteiger partial charge in [-0.2, -0.15) is 0 Å². The van der Waals surface area contributed by atoms with Crippen LogP contribution in [0.25, 0.3) is 11.0 Å². The fraction of sp³-hybridized carbons (Fsp3) is 0.308. The molecule has 4 heteroatoms. The van der Waals surface area contributed by atoms with Crippen molar-refractivity contribution in [3.8, 4) is 0 Å². The van der Waals surface area contributed by atoms with Crippen molar-refractivity contribution in [1.82, 2.24) is 5.32 Å². The van der Waals surface area contributed by atoms with Crippen LogP contribution in [-0.4, -0.2) is 17.1 Å². The molecular formula is C13H15NO3. The van der Waals surface area contributed by atoms with Crippen molar-refractivity contribution >= 4 is 16.9 Å². The van der Waals surface area contributed by atoms with Crippen LogP contribution >= 0.6 is 0 Å². The van der Waals surface area contributed by atoms with Crippen molar-refractivity contribution in [2.24, 2.45) is 0 Å². The van der Waals surface area contributed by atoms with Crippen LogP contribution in [0.1, 0.15) is 18.2 Å². The summed E-state index contributed by atoms with van der Waals surface area (Å²) in [4.78, 5) is 10.7. The predicted octanol–water partition coefficient (Wildman–Crippen LogP) is 2.30. The highest BCUT2D eigenvalue weighted by atomic mass is 16.4. The molecule has 90 valence electrons. The second-order valence-corrected chi connectivity index (χ2v) is 4.07. The summed E-state index contributed by atoms with van der Waals surface area (Å²) in [6.45, 7) is 4.01. The van der Waals surface area contributed by atoms with Gasteiger partial charge >= 0.3 is 5.97 Å². The van der Waals surface area contributed by atoms with E-state index in [1.807, 2.05) is 31.2 Å². The van der Waals surface area contributed by atoms with Gasteiger partial charge in [-0.1, -0.05) is 18.2 Å². The molecule has 4 nitrogen and oxygen atoms in total. The molecule has 1 aromatic heterocycles. The third kappa shape index (κ3) is 2.31. The molecule has 1 atom stereocenters. The fourth-order valence-corrected chi connectivity index (χ4v) is 1.78. The molecule has 0 bridgehead atoms. The summed E-state index contributed by atoms with van der Waals surface area (Å²) < 4.78 is 5.60. The molecule has 0 unspecified atom stereocenters. The van der Waals surface area contributed by atoms with Crippen LogP contribution in [0.15, 0.2) is 28.7 Å². The number of para-hydroxylation sites is 1. The number of fused-ring (bicyclic) bond motifs is 1. The molecule has 0 aliphatic heterocycles. The maximum atomic E-state index is 10.7. The topological polar surface area (TPSA) is 62.5 Å². The second kappa shape index (κ2) is 4.59. The normalized spacial score (nSPS) is 12.8. The predicted molar refractivity (Wildman–Crippen MR) is 64.9 cm³/mol. The van der Waals surface area contributed by atoms with E-state index in [1.165, 1.54) is 0 Å². The lowest BCUT2D eigenvalue weighted by molar-refractivity contribution is -0.139. The minimum Gasteiger partial charge on any atom is -0.480 e. The highest BCUT2D eigenvalue weighted by Crippen LogP contribution is 2.24. The molecule has 0 aliphatic carbocycles. The molecule has 2 rings (SSSR count). The first-order valence-corrected chi connectivity index (χ1v) is 5.53. The largest absolute Gasteiger partial charge is 0.480 e. The molecule has 0 radical (unpaired) electrons. The maximum Gasteiger partial charge on any atom is 0.320 e. The van der Waals surface area contributed by atoms with Crippen molar-refractivity contribution in [3.63, 3.8) is 0 Å². The lowest BCUT2D eigenvalue weighted by Crippen LogP contribution is -2.33. The van der Waals surface area contributed by atoms with Crippen LogP contribution in [-0.2, 0) is 11.3 Å². The number of carbonyl (C=O) groups is 1. The monoisotopic (exact) mass is 233 g/mol. The molecule has 1 aromatic carbocycles. The van der Waals surface area contributed by atoms with E-state index < -0.39 is 12.0 Å². The van der Waals surface area contributed by atoms with E-state index >= 15 is 0 Å². The van der Waals surface area contributed by atoms with Crippen LogP contribution in [0.3, 0.4) is 0 Å². The van der Waals surface area contributed by atoms with Crippen LogP contribution in [0, 0.1) is 6.92 Å². The highest BCUT2D eigenvalue weighted by Gasteiger charge is 2.14. The third-order valence-corrected chi connectivity index (χ3v) is 2.86. The first-order chi connectivity index (χ1) is 8.09. The zero-order valence-electron chi connectivity index (χ0n) is 9.86. The number of hydrogen-bond acceptors (Lipinski definition) is 3. The summed E-state index contributed by atoms with van der Waals surface area (Å²) in [7, 11) is 0. The summed E-state index contributed by atoms with van der Waals surface area (Å²) >= 11 is 0. The van der Waals surface area contributed by atoms with E-state index in [2.05, 4.69) is 5.32 Å². The fourth-order valence-electron chi connectivity index (χ4n) is 1.78. The SMILES string of the molecule is Cc1oc2ccccc2c1CN[C@H](C)C(=O)O. The number of furan rings is 1. The summed E-state index contributed by atoms with van der Waals surface area (Å²) in [5, 5.41) is 12.8. The minimum atomic E-state index is -0.851.